The Morgan fingerprint density at radius 2 is 2.36 bits per heavy atom. The molecule has 0 amide bonds. The topological polar surface area (TPSA) is 63.1 Å². The van der Waals surface area contributed by atoms with Crippen LogP contribution >= 0.6 is 0 Å². The van der Waals surface area contributed by atoms with Crippen LogP contribution in [-0.4, -0.2) is 39.2 Å². The standard InChI is InChI=1S/C16H22N4O2/c1-3-12-9-16(21)18-15(17-12)10-20-7-8-22-11-14(20)13-5-4-6-19(13)2/h4-6,9,14H,3,7-8,10-11H2,1-2H3,(H,17,18,21)/t14-/m0/s1. The fraction of sp³-hybridized carbons (Fsp3) is 0.500. The summed E-state index contributed by atoms with van der Waals surface area (Å²) in [5.74, 6) is 0.727. The number of aromatic amines is 1. The third kappa shape index (κ3) is 3.13. The number of aromatic nitrogens is 3. The molecule has 1 aliphatic heterocycles. The average Bonchev–Trinajstić information content (AvgIpc) is 2.93. The molecule has 1 fully saturated rings. The highest BCUT2D eigenvalue weighted by Gasteiger charge is 2.26. The second-order valence-electron chi connectivity index (χ2n) is 5.64. The summed E-state index contributed by atoms with van der Waals surface area (Å²) in [7, 11) is 2.04. The predicted octanol–water partition coefficient (Wildman–Crippen LogP) is 1.24. The fourth-order valence-electron chi connectivity index (χ4n) is 2.93. The maximum atomic E-state index is 11.7. The Kier molecular flexibility index (Phi) is 4.40. The summed E-state index contributed by atoms with van der Waals surface area (Å²) in [6, 6.07) is 5.91. The Hall–Kier alpha value is -1.92. The first-order valence-corrected chi connectivity index (χ1v) is 7.69. The number of aryl methyl sites for hydroxylation is 2. The molecule has 1 saturated heterocycles. The van der Waals surface area contributed by atoms with Gasteiger partial charge in [0.05, 0.1) is 25.8 Å². The van der Waals surface area contributed by atoms with Crippen LogP contribution in [0.5, 0.6) is 0 Å². The third-order valence-corrected chi connectivity index (χ3v) is 4.12. The molecule has 2 aromatic heterocycles. The number of nitrogens with one attached hydrogen (secondary N) is 1. The molecule has 0 aliphatic carbocycles. The molecule has 1 aliphatic rings. The highest BCUT2D eigenvalue weighted by Crippen LogP contribution is 2.25. The maximum absolute atomic E-state index is 11.7. The van der Waals surface area contributed by atoms with Crippen molar-refractivity contribution in [2.45, 2.75) is 25.9 Å². The lowest BCUT2D eigenvalue weighted by Crippen LogP contribution is -2.40. The van der Waals surface area contributed by atoms with Gasteiger partial charge in [-0.1, -0.05) is 6.92 Å². The molecule has 22 heavy (non-hydrogen) atoms. The van der Waals surface area contributed by atoms with Gasteiger partial charge in [-0.3, -0.25) is 9.69 Å². The van der Waals surface area contributed by atoms with Gasteiger partial charge in [-0.25, -0.2) is 4.98 Å². The van der Waals surface area contributed by atoms with Crippen LogP contribution in [0.15, 0.2) is 29.2 Å². The van der Waals surface area contributed by atoms with Crippen molar-refractivity contribution in [2.75, 3.05) is 19.8 Å². The van der Waals surface area contributed by atoms with Crippen LogP contribution in [-0.2, 0) is 24.8 Å². The zero-order valence-corrected chi connectivity index (χ0v) is 13.1. The molecule has 0 aromatic carbocycles. The largest absolute Gasteiger partial charge is 0.378 e. The van der Waals surface area contributed by atoms with E-state index in [9.17, 15) is 4.79 Å². The number of hydrogen-bond acceptors (Lipinski definition) is 4. The number of morpholine rings is 1. The zero-order valence-electron chi connectivity index (χ0n) is 13.1. The highest BCUT2D eigenvalue weighted by molar-refractivity contribution is 5.13. The second-order valence-corrected chi connectivity index (χ2v) is 5.64. The lowest BCUT2D eigenvalue weighted by Gasteiger charge is -2.35. The number of rotatable bonds is 4. The number of nitrogens with zero attached hydrogens (tertiary/aromatic N) is 3. The number of hydrogen-bond donors (Lipinski definition) is 1. The summed E-state index contributed by atoms with van der Waals surface area (Å²) < 4.78 is 7.77. The van der Waals surface area contributed by atoms with Crippen LogP contribution in [0.2, 0.25) is 0 Å². The Morgan fingerprint density at radius 1 is 1.50 bits per heavy atom. The molecule has 6 heteroatoms. The van der Waals surface area contributed by atoms with Gasteiger partial charge in [-0.05, 0) is 18.6 Å². The summed E-state index contributed by atoms with van der Waals surface area (Å²) in [4.78, 5) is 21.4. The first-order chi connectivity index (χ1) is 10.7. The van der Waals surface area contributed by atoms with Gasteiger partial charge in [0.25, 0.3) is 5.56 Å². The van der Waals surface area contributed by atoms with Crippen molar-refractivity contribution in [2.24, 2.45) is 7.05 Å². The van der Waals surface area contributed by atoms with E-state index >= 15 is 0 Å². The molecule has 0 unspecified atom stereocenters. The minimum atomic E-state index is -0.0782. The fourth-order valence-corrected chi connectivity index (χ4v) is 2.93. The normalized spacial score (nSPS) is 19.5. The monoisotopic (exact) mass is 302 g/mol. The van der Waals surface area contributed by atoms with Crippen LogP contribution in [0.3, 0.4) is 0 Å². The van der Waals surface area contributed by atoms with Crippen LogP contribution in [0, 0.1) is 0 Å². The van der Waals surface area contributed by atoms with E-state index in [4.69, 9.17) is 4.74 Å². The summed E-state index contributed by atoms with van der Waals surface area (Å²) in [5.41, 5.74) is 1.97. The molecule has 1 atom stereocenters. The Balaban J connectivity index is 1.84. The molecule has 3 rings (SSSR count). The summed E-state index contributed by atoms with van der Waals surface area (Å²) in [6.07, 6.45) is 2.81. The van der Waals surface area contributed by atoms with Crippen LogP contribution in [0.25, 0.3) is 0 Å². The SMILES string of the molecule is CCc1cc(=O)[nH]c(CN2CCOC[C@H]2c2cccn2C)n1. The van der Waals surface area contributed by atoms with E-state index in [0.29, 0.717) is 19.8 Å². The lowest BCUT2D eigenvalue weighted by atomic mass is 10.1. The van der Waals surface area contributed by atoms with Gasteiger partial charge in [-0.15, -0.1) is 0 Å². The van der Waals surface area contributed by atoms with E-state index in [1.165, 1.54) is 5.69 Å². The van der Waals surface area contributed by atoms with E-state index in [2.05, 4.69) is 25.5 Å². The number of ether oxygens (including phenoxy) is 1. The Morgan fingerprint density at radius 3 is 3.09 bits per heavy atom. The first-order valence-electron chi connectivity index (χ1n) is 7.69. The lowest BCUT2D eigenvalue weighted by molar-refractivity contribution is -0.0163. The molecule has 3 heterocycles. The minimum absolute atomic E-state index is 0.0782. The zero-order chi connectivity index (χ0) is 15.5. The van der Waals surface area contributed by atoms with Crippen LogP contribution in [0.4, 0.5) is 0 Å². The molecule has 0 saturated carbocycles. The van der Waals surface area contributed by atoms with Crippen LogP contribution in [0.1, 0.15) is 30.2 Å². The van der Waals surface area contributed by atoms with Crippen molar-refractivity contribution >= 4 is 0 Å². The van der Waals surface area contributed by atoms with Gasteiger partial charge in [0.15, 0.2) is 0 Å². The Labute approximate surface area is 129 Å². The van der Waals surface area contributed by atoms with E-state index < -0.39 is 0 Å². The molecule has 0 radical (unpaired) electrons. The van der Waals surface area contributed by atoms with Gasteiger partial charge in [0.1, 0.15) is 5.82 Å². The second kappa shape index (κ2) is 6.46. The van der Waals surface area contributed by atoms with Gasteiger partial charge in [-0.2, -0.15) is 0 Å². The maximum Gasteiger partial charge on any atom is 0.251 e. The third-order valence-electron chi connectivity index (χ3n) is 4.12. The molecule has 0 bridgehead atoms. The summed E-state index contributed by atoms with van der Waals surface area (Å²) in [5, 5.41) is 0. The van der Waals surface area contributed by atoms with Crippen molar-refractivity contribution in [3.05, 3.63) is 52.0 Å². The van der Waals surface area contributed by atoms with Gasteiger partial charge in [0, 0.05) is 37.2 Å². The van der Waals surface area contributed by atoms with Gasteiger partial charge >= 0.3 is 0 Å². The number of H-pyrrole nitrogens is 1. The van der Waals surface area contributed by atoms with E-state index in [1.54, 1.807) is 6.07 Å². The smallest absolute Gasteiger partial charge is 0.251 e. The van der Waals surface area contributed by atoms with Crippen molar-refractivity contribution in [1.29, 1.82) is 0 Å². The predicted molar refractivity (Wildman–Crippen MR) is 83.6 cm³/mol. The van der Waals surface area contributed by atoms with Crippen molar-refractivity contribution in [1.82, 2.24) is 19.4 Å². The molecule has 118 valence electrons. The molecule has 6 nitrogen and oxygen atoms in total. The molecular formula is C16H22N4O2. The molecule has 1 N–H and O–H groups in total. The summed E-state index contributed by atoms with van der Waals surface area (Å²) >= 11 is 0. The summed E-state index contributed by atoms with van der Waals surface area (Å²) in [6.45, 7) is 4.83. The Bertz CT molecular complexity index is 691. The van der Waals surface area contributed by atoms with E-state index in [0.717, 1.165) is 24.5 Å². The highest BCUT2D eigenvalue weighted by atomic mass is 16.5. The molecular weight excluding hydrogens is 280 g/mol. The average molecular weight is 302 g/mol. The van der Waals surface area contributed by atoms with Crippen LogP contribution < -0.4 is 5.56 Å². The minimum Gasteiger partial charge on any atom is -0.378 e. The van der Waals surface area contributed by atoms with Gasteiger partial charge < -0.3 is 14.3 Å². The first kappa shape index (κ1) is 15.0. The van der Waals surface area contributed by atoms with E-state index in [1.807, 2.05) is 26.2 Å². The van der Waals surface area contributed by atoms with Gasteiger partial charge in [0.2, 0.25) is 0 Å². The van der Waals surface area contributed by atoms with E-state index in [-0.39, 0.29) is 11.6 Å². The molecule has 0 spiro atoms. The van der Waals surface area contributed by atoms with Crippen molar-refractivity contribution < 1.29 is 4.74 Å². The van der Waals surface area contributed by atoms with Crippen molar-refractivity contribution in [3.8, 4) is 0 Å². The molecule has 2 aromatic rings. The quantitative estimate of drug-likeness (QED) is 0.923. The van der Waals surface area contributed by atoms with Crippen molar-refractivity contribution in [3.63, 3.8) is 0 Å².